The van der Waals surface area contributed by atoms with Gasteiger partial charge in [-0.15, -0.1) is 0 Å². The van der Waals surface area contributed by atoms with Gasteiger partial charge in [-0.2, -0.15) is 0 Å². The molecule has 1 unspecified atom stereocenters. The van der Waals surface area contributed by atoms with Gasteiger partial charge in [0.15, 0.2) is 5.76 Å². The van der Waals surface area contributed by atoms with Crippen molar-refractivity contribution in [1.29, 1.82) is 0 Å². The monoisotopic (exact) mass is 247 g/mol. The highest BCUT2D eigenvalue weighted by Crippen LogP contribution is 2.15. The molecule has 0 fully saturated rings. The van der Waals surface area contributed by atoms with E-state index in [0.717, 1.165) is 5.56 Å². The molecule has 3 nitrogen and oxygen atoms in total. The summed E-state index contributed by atoms with van der Waals surface area (Å²) < 4.78 is 18.2. The molecule has 1 amide bonds. The molecule has 94 valence electrons. The van der Waals surface area contributed by atoms with Gasteiger partial charge >= 0.3 is 0 Å². The summed E-state index contributed by atoms with van der Waals surface area (Å²) in [5.41, 5.74) is 1.49. The van der Waals surface area contributed by atoms with E-state index in [1.54, 1.807) is 32.0 Å². The molecule has 0 saturated heterocycles. The average molecular weight is 247 g/mol. The number of hydrogen-bond donors (Lipinski definition) is 1. The SMILES string of the molecule is Cc1ccoc1C(=O)NC(C)c1cccc(F)c1. The second kappa shape index (κ2) is 5.04. The van der Waals surface area contributed by atoms with Gasteiger partial charge in [-0.25, -0.2) is 4.39 Å². The molecule has 1 atom stereocenters. The van der Waals surface area contributed by atoms with Crippen molar-refractivity contribution < 1.29 is 13.6 Å². The molecule has 1 heterocycles. The lowest BCUT2D eigenvalue weighted by Crippen LogP contribution is -2.26. The smallest absolute Gasteiger partial charge is 0.287 e. The molecule has 0 bridgehead atoms. The van der Waals surface area contributed by atoms with Crippen molar-refractivity contribution in [3.8, 4) is 0 Å². The van der Waals surface area contributed by atoms with Crippen LogP contribution in [0.25, 0.3) is 0 Å². The van der Waals surface area contributed by atoms with E-state index < -0.39 is 0 Å². The number of benzene rings is 1. The first-order valence-corrected chi connectivity index (χ1v) is 5.68. The Bertz CT molecular complexity index is 562. The Kier molecular flexibility index (Phi) is 3.46. The third-order valence-corrected chi connectivity index (χ3v) is 2.76. The maximum absolute atomic E-state index is 13.1. The molecular weight excluding hydrogens is 233 g/mol. The predicted molar refractivity (Wildman–Crippen MR) is 65.7 cm³/mol. The van der Waals surface area contributed by atoms with E-state index >= 15 is 0 Å². The Morgan fingerprint density at radius 3 is 2.78 bits per heavy atom. The molecule has 1 aromatic carbocycles. The van der Waals surface area contributed by atoms with Crippen LogP contribution in [0.3, 0.4) is 0 Å². The number of amides is 1. The first kappa shape index (κ1) is 12.4. The van der Waals surface area contributed by atoms with Gasteiger partial charge in [0.05, 0.1) is 12.3 Å². The molecule has 2 rings (SSSR count). The fourth-order valence-corrected chi connectivity index (χ4v) is 1.73. The van der Waals surface area contributed by atoms with Crippen LogP contribution in [0.4, 0.5) is 4.39 Å². The van der Waals surface area contributed by atoms with E-state index in [1.807, 2.05) is 0 Å². The second-order valence-corrected chi connectivity index (χ2v) is 4.18. The van der Waals surface area contributed by atoms with Crippen molar-refractivity contribution in [2.75, 3.05) is 0 Å². The number of halogens is 1. The average Bonchev–Trinajstić information content (AvgIpc) is 2.75. The zero-order valence-electron chi connectivity index (χ0n) is 10.2. The topological polar surface area (TPSA) is 42.2 Å². The Hall–Kier alpha value is -2.10. The molecule has 4 heteroatoms. The van der Waals surface area contributed by atoms with Crippen LogP contribution in [0.1, 0.15) is 34.6 Å². The number of carbonyl (C=O) groups excluding carboxylic acids is 1. The van der Waals surface area contributed by atoms with Crippen LogP contribution in [-0.4, -0.2) is 5.91 Å². The summed E-state index contributed by atoms with van der Waals surface area (Å²) in [6.45, 7) is 3.59. The summed E-state index contributed by atoms with van der Waals surface area (Å²) in [5.74, 6) is -0.324. The normalized spacial score (nSPS) is 12.2. The molecule has 0 aliphatic carbocycles. The minimum atomic E-state index is -0.317. The van der Waals surface area contributed by atoms with Gasteiger partial charge < -0.3 is 9.73 Å². The van der Waals surface area contributed by atoms with Crippen LogP contribution in [0.15, 0.2) is 41.0 Å². The zero-order valence-corrected chi connectivity index (χ0v) is 10.2. The van der Waals surface area contributed by atoms with Crippen molar-refractivity contribution >= 4 is 5.91 Å². The molecule has 0 radical (unpaired) electrons. The molecule has 1 N–H and O–H groups in total. The van der Waals surface area contributed by atoms with Gasteiger partial charge in [0.2, 0.25) is 0 Å². The quantitative estimate of drug-likeness (QED) is 0.904. The molecule has 0 aliphatic heterocycles. The van der Waals surface area contributed by atoms with Crippen LogP contribution in [0.5, 0.6) is 0 Å². The number of rotatable bonds is 3. The first-order chi connectivity index (χ1) is 8.58. The van der Waals surface area contributed by atoms with Crippen LogP contribution >= 0.6 is 0 Å². The van der Waals surface area contributed by atoms with Gasteiger partial charge in [-0.05, 0) is 37.6 Å². The van der Waals surface area contributed by atoms with Crippen LogP contribution in [-0.2, 0) is 0 Å². The van der Waals surface area contributed by atoms with Crippen molar-refractivity contribution in [1.82, 2.24) is 5.32 Å². The Morgan fingerprint density at radius 1 is 1.39 bits per heavy atom. The second-order valence-electron chi connectivity index (χ2n) is 4.18. The molecule has 0 saturated carbocycles. The van der Waals surface area contributed by atoms with E-state index in [9.17, 15) is 9.18 Å². The lowest BCUT2D eigenvalue weighted by Gasteiger charge is -2.13. The molecular formula is C14H14FNO2. The summed E-state index contributed by atoms with van der Waals surface area (Å²) >= 11 is 0. The molecule has 0 aliphatic rings. The third-order valence-electron chi connectivity index (χ3n) is 2.76. The lowest BCUT2D eigenvalue weighted by molar-refractivity contribution is 0.0911. The highest BCUT2D eigenvalue weighted by molar-refractivity contribution is 5.93. The lowest BCUT2D eigenvalue weighted by atomic mass is 10.1. The first-order valence-electron chi connectivity index (χ1n) is 5.68. The van der Waals surface area contributed by atoms with E-state index in [0.29, 0.717) is 11.3 Å². The maximum Gasteiger partial charge on any atom is 0.287 e. The minimum Gasteiger partial charge on any atom is -0.459 e. The van der Waals surface area contributed by atoms with Crippen LogP contribution in [0, 0.1) is 12.7 Å². The summed E-state index contributed by atoms with van der Waals surface area (Å²) in [6, 6.07) is 7.60. The number of furan rings is 1. The van der Waals surface area contributed by atoms with Gasteiger partial charge in [0.1, 0.15) is 5.82 Å². The highest BCUT2D eigenvalue weighted by atomic mass is 19.1. The van der Waals surface area contributed by atoms with Gasteiger partial charge in [-0.3, -0.25) is 4.79 Å². The van der Waals surface area contributed by atoms with Crippen LogP contribution in [0.2, 0.25) is 0 Å². The molecule has 0 spiro atoms. The predicted octanol–water partition coefficient (Wildman–Crippen LogP) is 3.22. The van der Waals surface area contributed by atoms with E-state index in [1.165, 1.54) is 18.4 Å². The van der Waals surface area contributed by atoms with Crippen molar-refractivity contribution in [3.63, 3.8) is 0 Å². The van der Waals surface area contributed by atoms with Crippen molar-refractivity contribution in [2.45, 2.75) is 19.9 Å². The molecule has 18 heavy (non-hydrogen) atoms. The summed E-state index contributed by atoms with van der Waals surface area (Å²) in [6.07, 6.45) is 1.47. The highest BCUT2D eigenvalue weighted by Gasteiger charge is 2.16. The molecule has 2 aromatic rings. The van der Waals surface area contributed by atoms with Crippen molar-refractivity contribution in [2.24, 2.45) is 0 Å². The fourth-order valence-electron chi connectivity index (χ4n) is 1.73. The van der Waals surface area contributed by atoms with E-state index in [4.69, 9.17) is 4.42 Å². The van der Waals surface area contributed by atoms with E-state index in [2.05, 4.69) is 5.32 Å². The third kappa shape index (κ3) is 2.59. The minimum absolute atomic E-state index is 0.280. The zero-order chi connectivity index (χ0) is 13.1. The number of nitrogens with one attached hydrogen (secondary N) is 1. The van der Waals surface area contributed by atoms with Crippen LogP contribution < -0.4 is 5.32 Å². The molecule has 1 aromatic heterocycles. The number of aryl methyl sites for hydroxylation is 1. The summed E-state index contributed by atoms with van der Waals surface area (Å²) in [5, 5.41) is 2.77. The van der Waals surface area contributed by atoms with E-state index in [-0.39, 0.29) is 17.8 Å². The number of carbonyl (C=O) groups is 1. The Morgan fingerprint density at radius 2 is 2.17 bits per heavy atom. The van der Waals surface area contributed by atoms with Gasteiger partial charge in [-0.1, -0.05) is 12.1 Å². The largest absolute Gasteiger partial charge is 0.459 e. The Labute approximate surface area is 105 Å². The van der Waals surface area contributed by atoms with Gasteiger partial charge in [0.25, 0.3) is 5.91 Å². The maximum atomic E-state index is 13.1. The summed E-state index contributed by atoms with van der Waals surface area (Å²) in [7, 11) is 0. The fraction of sp³-hybridized carbons (Fsp3) is 0.214. The summed E-state index contributed by atoms with van der Waals surface area (Å²) in [4.78, 5) is 11.9. The van der Waals surface area contributed by atoms with Gasteiger partial charge in [0, 0.05) is 5.56 Å². The van der Waals surface area contributed by atoms with Crippen molar-refractivity contribution in [3.05, 3.63) is 59.3 Å². The number of hydrogen-bond acceptors (Lipinski definition) is 2. The standard InChI is InChI=1S/C14H14FNO2/c1-9-6-7-18-13(9)14(17)16-10(2)11-4-3-5-12(15)8-11/h3-8,10H,1-2H3,(H,16,17). The Balaban J connectivity index is 2.10.